The van der Waals surface area contributed by atoms with Gasteiger partial charge in [-0.15, -0.1) is 0 Å². The number of aromatic amines is 2. The maximum atomic E-state index is 12.1. The Labute approximate surface area is 161 Å². The molecule has 9 heteroatoms. The first-order chi connectivity index (χ1) is 13.2. The summed E-state index contributed by atoms with van der Waals surface area (Å²) < 4.78 is 5.56. The predicted molar refractivity (Wildman–Crippen MR) is 106 cm³/mol. The molecule has 3 rings (SSSR count). The van der Waals surface area contributed by atoms with Crippen molar-refractivity contribution in [2.24, 2.45) is 0 Å². The van der Waals surface area contributed by atoms with Crippen LogP contribution in [0.4, 0.5) is 5.95 Å². The molecule has 0 fully saturated rings. The van der Waals surface area contributed by atoms with Gasteiger partial charge < -0.3 is 15.0 Å². The van der Waals surface area contributed by atoms with Crippen molar-refractivity contribution >= 4 is 17.7 Å². The van der Waals surface area contributed by atoms with Crippen molar-refractivity contribution < 1.29 is 4.74 Å². The van der Waals surface area contributed by atoms with E-state index < -0.39 is 0 Å². The lowest BCUT2D eigenvalue weighted by atomic mass is 10.2. The molecular formula is C18H22N6O2S. The number of hydrogen-bond acceptors (Lipinski definition) is 7. The SMILES string of the molecule is Cc1[nH]cnc1CSCCNc1ncc(CCOc2cccnc2)c(=O)[nH]1. The van der Waals surface area contributed by atoms with Gasteiger partial charge in [-0.2, -0.15) is 11.8 Å². The van der Waals surface area contributed by atoms with E-state index in [1.165, 1.54) is 0 Å². The maximum Gasteiger partial charge on any atom is 0.255 e. The minimum absolute atomic E-state index is 0.151. The number of ether oxygens (including phenoxy) is 1. The summed E-state index contributed by atoms with van der Waals surface area (Å²) >= 11 is 1.77. The van der Waals surface area contributed by atoms with Gasteiger partial charge in [0.25, 0.3) is 5.56 Å². The minimum Gasteiger partial charge on any atom is -0.492 e. The number of aryl methyl sites for hydroxylation is 1. The van der Waals surface area contributed by atoms with Crippen LogP contribution < -0.4 is 15.6 Å². The molecule has 142 valence electrons. The number of aromatic nitrogens is 5. The lowest BCUT2D eigenvalue weighted by Crippen LogP contribution is -2.19. The van der Waals surface area contributed by atoms with Crippen LogP contribution in [0.25, 0.3) is 0 Å². The van der Waals surface area contributed by atoms with E-state index in [-0.39, 0.29) is 5.56 Å². The number of nitrogens with one attached hydrogen (secondary N) is 3. The Balaban J connectivity index is 1.38. The molecule has 0 unspecified atom stereocenters. The predicted octanol–water partition coefficient (Wildman–Crippen LogP) is 2.16. The largest absolute Gasteiger partial charge is 0.492 e. The topological polar surface area (TPSA) is 109 Å². The van der Waals surface area contributed by atoms with Gasteiger partial charge in [0.05, 0.1) is 24.8 Å². The summed E-state index contributed by atoms with van der Waals surface area (Å²) in [6.45, 7) is 3.12. The van der Waals surface area contributed by atoms with Gasteiger partial charge in [0.1, 0.15) is 5.75 Å². The first-order valence-corrected chi connectivity index (χ1v) is 9.79. The molecule has 0 bridgehead atoms. The van der Waals surface area contributed by atoms with Gasteiger partial charge >= 0.3 is 0 Å². The Kier molecular flexibility index (Phi) is 6.86. The van der Waals surface area contributed by atoms with Crippen molar-refractivity contribution in [1.82, 2.24) is 24.9 Å². The van der Waals surface area contributed by atoms with Crippen molar-refractivity contribution in [3.63, 3.8) is 0 Å². The molecule has 0 aliphatic heterocycles. The Bertz CT molecular complexity index is 896. The van der Waals surface area contributed by atoms with E-state index in [0.717, 1.165) is 22.9 Å². The van der Waals surface area contributed by atoms with Crippen LogP contribution in [0.15, 0.2) is 41.8 Å². The number of nitrogens with zero attached hydrogens (tertiary/aromatic N) is 3. The monoisotopic (exact) mass is 386 g/mol. The summed E-state index contributed by atoms with van der Waals surface area (Å²) in [7, 11) is 0. The van der Waals surface area contributed by atoms with E-state index in [9.17, 15) is 4.79 Å². The van der Waals surface area contributed by atoms with Crippen molar-refractivity contribution in [3.05, 3.63) is 64.4 Å². The Morgan fingerprint density at radius 2 is 2.22 bits per heavy atom. The zero-order chi connectivity index (χ0) is 18.9. The molecule has 0 saturated heterocycles. The number of thioether (sulfide) groups is 1. The molecule has 0 amide bonds. The van der Waals surface area contributed by atoms with Crippen molar-refractivity contribution in [2.45, 2.75) is 19.1 Å². The molecule has 3 N–H and O–H groups in total. The molecule has 27 heavy (non-hydrogen) atoms. The van der Waals surface area contributed by atoms with Crippen LogP contribution in [0.1, 0.15) is 17.0 Å². The summed E-state index contributed by atoms with van der Waals surface area (Å²) in [5.41, 5.74) is 2.61. The standard InChI is InChI=1S/C18H22N6O2S/c1-13-16(23-12-22-13)11-27-8-6-20-18-21-9-14(17(25)24-18)4-7-26-15-3-2-5-19-10-15/h2-3,5,9-10,12H,4,6-8,11H2,1H3,(H,22,23)(H2,20,21,24,25). The summed E-state index contributed by atoms with van der Waals surface area (Å²) in [5.74, 6) is 2.91. The van der Waals surface area contributed by atoms with Crippen LogP contribution in [-0.2, 0) is 12.2 Å². The van der Waals surface area contributed by atoms with E-state index in [4.69, 9.17) is 4.74 Å². The third-order valence-corrected chi connectivity index (χ3v) is 4.83. The Hall–Kier alpha value is -2.81. The Morgan fingerprint density at radius 3 is 2.96 bits per heavy atom. The molecule has 0 saturated carbocycles. The van der Waals surface area contributed by atoms with E-state index >= 15 is 0 Å². The summed E-state index contributed by atoms with van der Waals surface area (Å²) in [4.78, 5) is 30.5. The molecule has 0 radical (unpaired) electrons. The molecule has 3 aromatic rings. The van der Waals surface area contributed by atoms with Crippen LogP contribution in [-0.4, -0.2) is 43.8 Å². The molecule has 3 heterocycles. The lowest BCUT2D eigenvalue weighted by molar-refractivity contribution is 0.320. The first kappa shape index (κ1) is 19.0. The van der Waals surface area contributed by atoms with Gasteiger partial charge in [0, 0.05) is 48.1 Å². The smallest absolute Gasteiger partial charge is 0.255 e. The summed E-state index contributed by atoms with van der Waals surface area (Å²) in [6.07, 6.45) is 7.11. The van der Waals surface area contributed by atoms with Gasteiger partial charge in [0.15, 0.2) is 0 Å². The highest BCUT2D eigenvalue weighted by Crippen LogP contribution is 2.12. The molecular weight excluding hydrogens is 364 g/mol. The van der Waals surface area contributed by atoms with Gasteiger partial charge in [-0.1, -0.05) is 0 Å². The molecule has 0 aromatic carbocycles. The van der Waals surface area contributed by atoms with Gasteiger partial charge in [-0.25, -0.2) is 9.97 Å². The van der Waals surface area contributed by atoms with Gasteiger partial charge in [-0.05, 0) is 19.1 Å². The van der Waals surface area contributed by atoms with Crippen LogP contribution in [0, 0.1) is 6.92 Å². The highest BCUT2D eigenvalue weighted by Gasteiger charge is 2.04. The number of rotatable bonds is 10. The second-order valence-corrected chi connectivity index (χ2v) is 6.93. The van der Waals surface area contributed by atoms with Crippen LogP contribution in [0.5, 0.6) is 5.75 Å². The minimum atomic E-state index is -0.151. The average Bonchev–Trinajstić information content (AvgIpc) is 3.09. The lowest BCUT2D eigenvalue weighted by Gasteiger charge is -2.07. The van der Waals surface area contributed by atoms with E-state index in [2.05, 4.69) is 30.2 Å². The van der Waals surface area contributed by atoms with Crippen LogP contribution >= 0.6 is 11.8 Å². The van der Waals surface area contributed by atoms with Crippen LogP contribution in [0.3, 0.4) is 0 Å². The third kappa shape index (κ3) is 5.85. The molecule has 8 nitrogen and oxygen atoms in total. The average molecular weight is 386 g/mol. The number of imidazole rings is 1. The highest BCUT2D eigenvalue weighted by atomic mass is 32.2. The second kappa shape index (κ2) is 9.77. The van der Waals surface area contributed by atoms with Gasteiger partial charge in [-0.3, -0.25) is 14.8 Å². The van der Waals surface area contributed by atoms with Gasteiger partial charge in [0.2, 0.25) is 5.95 Å². The number of pyridine rings is 1. The zero-order valence-electron chi connectivity index (χ0n) is 15.1. The van der Waals surface area contributed by atoms with Crippen molar-refractivity contribution in [3.8, 4) is 5.75 Å². The number of hydrogen-bond donors (Lipinski definition) is 3. The Morgan fingerprint density at radius 1 is 1.30 bits per heavy atom. The number of anilines is 1. The first-order valence-electron chi connectivity index (χ1n) is 8.64. The molecule has 0 atom stereocenters. The van der Waals surface area contributed by atoms with E-state index in [1.807, 2.05) is 13.0 Å². The quantitative estimate of drug-likeness (QED) is 0.458. The van der Waals surface area contributed by atoms with E-state index in [1.54, 1.807) is 42.7 Å². The van der Waals surface area contributed by atoms with Crippen LogP contribution in [0.2, 0.25) is 0 Å². The molecule has 0 aliphatic rings. The normalized spacial score (nSPS) is 10.7. The summed E-state index contributed by atoms with van der Waals surface area (Å²) in [5, 5.41) is 3.13. The van der Waals surface area contributed by atoms with Crippen molar-refractivity contribution in [2.75, 3.05) is 24.2 Å². The fraction of sp³-hybridized carbons (Fsp3) is 0.333. The molecule has 3 aromatic heterocycles. The number of H-pyrrole nitrogens is 2. The molecule has 0 spiro atoms. The fourth-order valence-corrected chi connectivity index (χ4v) is 3.22. The summed E-state index contributed by atoms with van der Waals surface area (Å²) in [6, 6.07) is 3.63. The maximum absolute atomic E-state index is 12.1. The zero-order valence-corrected chi connectivity index (χ0v) is 15.9. The van der Waals surface area contributed by atoms with E-state index in [0.29, 0.717) is 36.8 Å². The second-order valence-electron chi connectivity index (χ2n) is 5.83. The third-order valence-electron chi connectivity index (χ3n) is 3.86. The highest BCUT2D eigenvalue weighted by molar-refractivity contribution is 7.98. The van der Waals surface area contributed by atoms with Crippen molar-refractivity contribution in [1.29, 1.82) is 0 Å². The fourth-order valence-electron chi connectivity index (χ4n) is 2.34. The molecule has 0 aliphatic carbocycles.